The minimum absolute atomic E-state index is 0.110. The summed E-state index contributed by atoms with van der Waals surface area (Å²) in [6.45, 7) is 0.429. The zero-order valence-electron chi connectivity index (χ0n) is 18.2. The Morgan fingerprint density at radius 3 is 2.45 bits per heavy atom. The summed E-state index contributed by atoms with van der Waals surface area (Å²) in [5.41, 5.74) is 1.81. The molecule has 4 aliphatic carbocycles. The molecule has 0 radical (unpaired) electrons. The fraction of sp³-hybridized carbons (Fsp3) is 0.560. The van der Waals surface area contributed by atoms with Crippen molar-refractivity contribution < 1.29 is 14.3 Å². The van der Waals surface area contributed by atoms with E-state index in [-0.39, 0.29) is 23.7 Å². The molecule has 4 aliphatic rings. The maximum atomic E-state index is 13.2. The second kappa shape index (κ2) is 8.13. The first-order valence-electron chi connectivity index (χ1n) is 11.5. The Balaban J connectivity index is 1.32. The van der Waals surface area contributed by atoms with E-state index in [9.17, 15) is 9.59 Å². The van der Waals surface area contributed by atoms with Crippen LogP contribution in [0.3, 0.4) is 0 Å². The molecule has 6 nitrogen and oxygen atoms in total. The Kier molecular flexibility index (Phi) is 5.32. The number of anilines is 2. The maximum Gasteiger partial charge on any atom is 0.307 e. The molecule has 4 saturated carbocycles. The summed E-state index contributed by atoms with van der Waals surface area (Å²) in [6, 6.07) is 9.70. The van der Waals surface area contributed by atoms with Crippen molar-refractivity contribution in [3.8, 4) is 0 Å². The molecule has 2 aromatic rings. The van der Waals surface area contributed by atoms with Gasteiger partial charge in [0.25, 0.3) is 0 Å². The van der Waals surface area contributed by atoms with E-state index in [1.807, 2.05) is 30.3 Å². The number of nitrogens with zero attached hydrogens (tertiary/aromatic N) is 1. The van der Waals surface area contributed by atoms with Gasteiger partial charge in [0.1, 0.15) is 5.82 Å². The molecule has 4 bridgehead atoms. The van der Waals surface area contributed by atoms with Crippen LogP contribution in [0.4, 0.5) is 11.5 Å². The number of nitrogens with one attached hydrogen (secondary N) is 2. The molecular weight excluding hydrogens is 390 g/mol. The molecule has 164 valence electrons. The molecule has 1 aromatic carbocycles. The SMILES string of the molecule is COC(=O)CCNc1cc(NC(=O)CC23CC4CC(CC(C4)C2)C3)c2ccccc2n1. The van der Waals surface area contributed by atoms with Crippen molar-refractivity contribution in [1.82, 2.24) is 4.98 Å². The standard InChI is InChI=1S/C25H31N3O3/c1-31-24(30)6-7-26-22-11-21(19-4-2-3-5-20(19)27-22)28-23(29)15-25-12-16-8-17(13-25)10-18(9-16)14-25/h2-5,11,16-18H,6-10,12-15H2,1H3,(H2,26,27,28,29). The van der Waals surface area contributed by atoms with Crippen LogP contribution < -0.4 is 10.6 Å². The Morgan fingerprint density at radius 1 is 1.10 bits per heavy atom. The number of fused-ring (bicyclic) bond motifs is 1. The molecule has 1 heterocycles. The van der Waals surface area contributed by atoms with Gasteiger partial charge in [-0.25, -0.2) is 4.98 Å². The molecular formula is C25H31N3O3. The van der Waals surface area contributed by atoms with Crippen LogP contribution in [0.25, 0.3) is 10.9 Å². The topological polar surface area (TPSA) is 80.3 Å². The summed E-state index contributed by atoms with van der Waals surface area (Å²) in [5.74, 6) is 3.01. The van der Waals surface area contributed by atoms with E-state index in [1.54, 1.807) is 0 Å². The fourth-order valence-corrected chi connectivity index (χ4v) is 6.81. The van der Waals surface area contributed by atoms with Crippen LogP contribution in [-0.4, -0.2) is 30.5 Å². The van der Waals surface area contributed by atoms with Gasteiger partial charge in [-0.05, 0) is 67.8 Å². The van der Waals surface area contributed by atoms with Crippen LogP contribution in [-0.2, 0) is 14.3 Å². The van der Waals surface area contributed by atoms with E-state index in [0.717, 1.165) is 34.3 Å². The minimum atomic E-state index is -0.266. The molecule has 2 N–H and O–H groups in total. The smallest absolute Gasteiger partial charge is 0.307 e. The molecule has 0 atom stereocenters. The van der Waals surface area contributed by atoms with Crippen molar-refractivity contribution in [2.45, 2.75) is 51.4 Å². The predicted octanol–water partition coefficient (Wildman–Crippen LogP) is 4.75. The Hall–Kier alpha value is -2.63. The van der Waals surface area contributed by atoms with E-state index in [4.69, 9.17) is 4.74 Å². The number of pyridine rings is 1. The molecule has 31 heavy (non-hydrogen) atoms. The first-order chi connectivity index (χ1) is 15.0. The molecule has 6 heteroatoms. The van der Waals surface area contributed by atoms with Crippen molar-refractivity contribution >= 4 is 34.3 Å². The summed E-state index contributed by atoms with van der Waals surface area (Å²) in [7, 11) is 1.38. The van der Waals surface area contributed by atoms with E-state index < -0.39 is 0 Å². The van der Waals surface area contributed by atoms with Crippen molar-refractivity contribution in [2.75, 3.05) is 24.3 Å². The lowest BCUT2D eigenvalue weighted by molar-refractivity contribution is -0.140. The van der Waals surface area contributed by atoms with Crippen LogP contribution in [0.1, 0.15) is 51.4 Å². The van der Waals surface area contributed by atoms with Gasteiger partial charge < -0.3 is 15.4 Å². The minimum Gasteiger partial charge on any atom is -0.469 e. The van der Waals surface area contributed by atoms with Gasteiger partial charge in [-0.3, -0.25) is 9.59 Å². The predicted molar refractivity (Wildman–Crippen MR) is 121 cm³/mol. The first-order valence-corrected chi connectivity index (χ1v) is 11.5. The van der Waals surface area contributed by atoms with Gasteiger partial charge in [-0.2, -0.15) is 0 Å². The Bertz CT molecular complexity index is 967. The number of esters is 1. The number of ether oxygens (including phenoxy) is 1. The third kappa shape index (κ3) is 4.25. The number of hydrogen-bond acceptors (Lipinski definition) is 5. The van der Waals surface area contributed by atoms with Gasteiger partial charge in [0.05, 0.1) is 24.7 Å². The lowest BCUT2D eigenvalue weighted by atomic mass is 9.49. The quantitative estimate of drug-likeness (QED) is 0.631. The summed E-state index contributed by atoms with van der Waals surface area (Å²) < 4.78 is 4.69. The third-order valence-corrected chi connectivity index (χ3v) is 7.55. The number of methoxy groups -OCH3 is 1. The highest BCUT2D eigenvalue weighted by Crippen LogP contribution is 2.61. The average Bonchev–Trinajstić information content (AvgIpc) is 2.72. The van der Waals surface area contributed by atoms with Crippen LogP contribution in [0.5, 0.6) is 0 Å². The van der Waals surface area contributed by atoms with E-state index >= 15 is 0 Å². The number of aromatic nitrogens is 1. The van der Waals surface area contributed by atoms with Gasteiger partial charge in [-0.1, -0.05) is 18.2 Å². The highest BCUT2D eigenvalue weighted by Gasteiger charge is 2.51. The highest BCUT2D eigenvalue weighted by molar-refractivity contribution is 6.02. The number of hydrogen-bond donors (Lipinski definition) is 2. The number of carbonyl (C=O) groups excluding carboxylic acids is 2. The largest absolute Gasteiger partial charge is 0.469 e. The number of rotatable bonds is 7. The van der Waals surface area contributed by atoms with Crippen LogP contribution in [0, 0.1) is 23.2 Å². The monoisotopic (exact) mass is 421 g/mol. The number of amides is 1. The zero-order chi connectivity index (χ0) is 21.4. The molecule has 0 spiro atoms. The summed E-state index contributed by atoms with van der Waals surface area (Å²) in [6.07, 6.45) is 8.72. The van der Waals surface area contributed by atoms with Crippen molar-refractivity contribution in [1.29, 1.82) is 0 Å². The molecule has 0 unspecified atom stereocenters. The van der Waals surface area contributed by atoms with Gasteiger partial charge >= 0.3 is 5.97 Å². The van der Waals surface area contributed by atoms with Crippen LogP contribution >= 0.6 is 0 Å². The second-order valence-corrected chi connectivity index (χ2v) is 9.97. The second-order valence-electron chi connectivity index (χ2n) is 9.97. The lowest BCUT2D eigenvalue weighted by Crippen LogP contribution is -2.47. The summed E-state index contributed by atoms with van der Waals surface area (Å²) in [4.78, 5) is 29.2. The third-order valence-electron chi connectivity index (χ3n) is 7.55. The molecule has 1 amide bonds. The molecule has 6 rings (SSSR count). The van der Waals surface area contributed by atoms with Crippen molar-refractivity contribution in [3.05, 3.63) is 30.3 Å². The number of para-hydroxylation sites is 1. The van der Waals surface area contributed by atoms with Gasteiger partial charge in [-0.15, -0.1) is 0 Å². The van der Waals surface area contributed by atoms with E-state index in [0.29, 0.717) is 18.8 Å². The number of benzene rings is 1. The van der Waals surface area contributed by atoms with Crippen LogP contribution in [0.15, 0.2) is 30.3 Å². The van der Waals surface area contributed by atoms with E-state index in [1.165, 1.54) is 45.6 Å². The maximum absolute atomic E-state index is 13.2. The van der Waals surface area contributed by atoms with Gasteiger partial charge in [0.2, 0.25) is 5.91 Å². The Labute approximate surface area is 183 Å². The van der Waals surface area contributed by atoms with E-state index in [2.05, 4.69) is 15.6 Å². The molecule has 4 fully saturated rings. The summed E-state index contributed by atoms with van der Waals surface area (Å²) >= 11 is 0. The van der Waals surface area contributed by atoms with Crippen molar-refractivity contribution in [2.24, 2.45) is 23.2 Å². The highest BCUT2D eigenvalue weighted by atomic mass is 16.5. The molecule has 0 aliphatic heterocycles. The van der Waals surface area contributed by atoms with Crippen LogP contribution in [0.2, 0.25) is 0 Å². The zero-order valence-corrected chi connectivity index (χ0v) is 18.2. The normalized spacial score (nSPS) is 28.5. The van der Waals surface area contributed by atoms with Crippen molar-refractivity contribution in [3.63, 3.8) is 0 Å². The van der Waals surface area contributed by atoms with Gasteiger partial charge in [0, 0.05) is 24.4 Å². The average molecular weight is 422 g/mol. The number of carbonyl (C=O) groups is 2. The Morgan fingerprint density at radius 2 is 1.77 bits per heavy atom. The first kappa shape index (κ1) is 20.3. The van der Waals surface area contributed by atoms with Gasteiger partial charge in [0.15, 0.2) is 0 Å². The molecule has 0 saturated heterocycles. The summed E-state index contributed by atoms with van der Waals surface area (Å²) in [5, 5.41) is 7.31. The molecule has 1 aromatic heterocycles. The fourth-order valence-electron chi connectivity index (χ4n) is 6.81. The lowest BCUT2D eigenvalue weighted by Gasteiger charge is -2.56.